The molecule has 106 valence electrons. The average molecular weight is 424 g/mol. The van der Waals surface area contributed by atoms with E-state index in [2.05, 4.69) is 31.9 Å². The highest BCUT2D eigenvalue weighted by molar-refractivity contribution is 9.11. The van der Waals surface area contributed by atoms with E-state index < -0.39 is 0 Å². The smallest absolute Gasteiger partial charge is 0.143 e. The standard InChI is InChI=1S/C14H10Br2ClFO2/c1-19-13-5-11(16)14(6-10(13)15)20-12-3-2-9(18)4-8(12)7-17/h2-6H,7H2,1H3. The zero-order valence-electron chi connectivity index (χ0n) is 10.4. The van der Waals surface area contributed by atoms with Crippen LogP contribution in [0, 0.1) is 5.82 Å². The van der Waals surface area contributed by atoms with Crippen LogP contribution in [0.15, 0.2) is 39.3 Å². The van der Waals surface area contributed by atoms with Gasteiger partial charge in [-0.25, -0.2) is 4.39 Å². The third kappa shape index (κ3) is 3.45. The van der Waals surface area contributed by atoms with Crippen molar-refractivity contribution in [3.05, 3.63) is 50.7 Å². The van der Waals surface area contributed by atoms with Gasteiger partial charge in [0.2, 0.25) is 0 Å². The SMILES string of the molecule is COc1cc(Br)c(Oc2ccc(F)cc2CCl)cc1Br. The van der Waals surface area contributed by atoms with Crippen molar-refractivity contribution < 1.29 is 13.9 Å². The highest BCUT2D eigenvalue weighted by Crippen LogP contribution is 2.39. The Hall–Kier alpha value is -0.780. The van der Waals surface area contributed by atoms with E-state index in [0.29, 0.717) is 22.8 Å². The van der Waals surface area contributed by atoms with Crippen LogP contribution < -0.4 is 9.47 Å². The van der Waals surface area contributed by atoms with E-state index in [9.17, 15) is 4.39 Å². The summed E-state index contributed by atoms with van der Waals surface area (Å²) in [6.45, 7) is 0. The van der Waals surface area contributed by atoms with E-state index in [-0.39, 0.29) is 11.7 Å². The maximum absolute atomic E-state index is 13.2. The summed E-state index contributed by atoms with van der Waals surface area (Å²) < 4.78 is 25.6. The summed E-state index contributed by atoms with van der Waals surface area (Å²) in [5.41, 5.74) is 0.588. The molecule has 0 amide bonds. The maximum Gasteiger partial charge on any atom is 0.143 e. The van der Waals surface area contributed by atoms with Crippen LogP contribution in [0.5, 0.6) is 17.2 Å². The average Bonchev–Trinajstić information content (AvgIpc) is 2.44. The Morgan fingerprint density at radius 2 is 1.70 bits per heavy atom. The van der Waals surface area contributed by atoms with Gasteiger partial charge in [0.05, 0.1) is 21.9 Å². The maximum atomic E-state index is 13.2. The molecule has 2 aromatic carbocycles. The van der Waals surface area contributed by atoms with Gasteiger partial charge in [0, 0.05) is 5.56 Å². The van der Waals surface area contributed by atoms with Gasteiger partial charge in [-0.3, -0.25) is 0 Å². The minimum absolute atomic E-state index is 0.169. The second kappa shape index (κ2) is 6.78. The second-order valence-electron chi connectivity index (χ2n) is 3.90. The van der Waals surface area contributed by atoms with Crippen LogP contribution in [-0.4, -0.2) is 7.11 Å². The fraction of sp³-hybridized carbons (Fsp3) is 0.143. The number of rotatable bonds is 4. The Morgan fingerprint density at radius 3 is 2.35 bits per heavy atom. The van der Waals surface area contributed by atoms with Crippen molar-refractivity contribution in [2.75, 3.05) is 7.11 Å². The Labute approximate surface area is 138 Å². The highest BCUT2D eigenvalue weighted by Gasteiger charge is 2.11. The molecule has 0 bridgehead atoms. The fourth-order valence-corrected chi connectivity index (χ4v) is 2.71. The lowest BCUT2D eigenvalue weighted by atomic mass is 10.2. The van der Waals surface area contributed by atoms with E-state index >= 15 is 0 Å². The van der Waals surface area contributed by atoms with Gasteiger partial charge >= 0.3 is 0 Å². The summed E-state index contributed by atoms with van der Waals surface area (Å²) >= 11 is 12.6. The van der Waals surface area contributed by atoms with E-state index in [1.807, 2.05) is 0 Å². The Bertz CT molecular complexity index is 635. The lowest BCUT2D eigenvalue weighted by molar-refractivity contribution is 0.409. The van der Waals surface area contributed by atoms with Gasteiger partial charge in [0.15, 0.2) is 0 Å². The third-order valence-electron chi connectivity index (χ3n) is 2.59. The highest BCUT2D eigenvalue weighted by atomic mass is 79.9. The summed E-state index contributed by atoms with van der Waals surface area (Å²) in [6.07, 6.45) is 0. The van der Waals surface area contributed by atoms with Crippen molar-refractivity contribution in [3.8, 4) is 17.2 Å². The summed E-state index contributed by atoms with van der Waals surface area (Å²) in [6, 6.07) is 7.79. The molecule has 0 unspecified atom stereocenters. The number of alkyl halides is 1. The van der Waals surface area contributed by atoms with Crippen LogP contribution in [0.25, 0.3) is 0 Å². The molecule has 0 saturated carbocycles. The van der Waals surface area contributed by atoms with Crippen LogP contribution in [-0.2, 0) is 5.88 Å². The molecule has 0 aliphatic heterocycles. The van der Waals surface area contributed by atoms with E-state index in [1.165, 1.54) is 12.1 Å². The van der Waals surface area contributed by atoms with Crippen molar-refractivity contribution in [1.29, 1.82) is 0 Å². The van der Waals surface area contributed by atoms with Gasteiger partial charge in [0.1, 0.15) is 23.1 Å². The Morgan fingerprint density at radius 1 is 1.05 bits per heavy atom. The molecule has 20 heavy (non-hydrogen) atoms. The van der Waals surface area contributed by atoms with E-state index in [4.69, 9.17) is 21.1 Å². The molecule has 2 nitrogen and oxygen atoms in total. The van der Waals surface area contributed by atoms with Crippen LogP contribution in [0.4, 0.5) is 4.39 Å². The van der Waals surface area contributed by atoms with Gasteiger partial charge in [0.25, 0.3) is 0 Å². The number of halogens is 4. The molecule has 6 heteroatoms. The van der Waals surface area contributed by atoms with Gasteiger partial charge in [-0.15, -0.1) is 11.6 Å². The predicted octanol–water partition coefficient (Wildman–Crippen LogP) is 5.89. The summed E-state index contributed by atoms with van der Waals surface area (Å²) in [4.78, 5) is 0. The van der Waals surface area contributed by atoms with Crippen LogP contribution in [0.2, 0.25) is 0 Å². The molecular weight excluding hydrogens is 414 g/mol. The molecule has 2 aromatic rings. The normalized spacial score (nSPS) is 10.4. The first-order valence-corrected chi connectivity index (χ1v) is 7.72. The first-order valence-electron chi connectivity index (χ1n) is 5.60. The van der Waals surface area contributed by atoms with E-state index in [1.54, 1.807) is 25.3 Å². The zero-order chi connectivity index (χ0) is 14.7. The minimum atomic E-state index is -0.344. The number of methoxy groups -OCH3 is 1. The summed E-state index contributed by atoms with van der Waals surface area (Å²) in [5, 5.41) is 0. The minimum Gasteiger partial charge on any atom is -0.496 e. The lowest BCUT2D eigenvalue weighted by Crippen LogP contribution is -1.93. The summed E-state index contributed by atoms with van der Waals surface area (Å²) in [5.74, 6) is 1.60. The largest absolute Gasteiger partial charge is 0.496 e. The molecule has 0 spiro atoms. The monoisotopic (exact) mass is 422 g/mol. The molecule has 0 saturated heterocycles. The van der Waals surface area contributed by atoms with Crippen molar-refractivity contribution in [3.63, 3.8) is 0 Å². The quantitative estimate of drug-likeness (QED) is 0.570. The molecule has 0 radical (unpaired) electrons. The van der Waals surface area contributed by atoms with Gasteiger partial charge in [-0.2, -0.15) is 0 Å². The Kier molecular flexibility index (Phi) is 5.29. The van der Waals surface area contributed by atoms with Crippen molar-refractivity contribution in [2.24, 2.45) is 0 Å². The molecule has 0 atom stereocenters. The number of hydrogen-bond donors (Lipinski definition) is 0. The van der Waals surface area contributed by atoms with E-state index in [0.717, 1.165) is 8.95 Å². The van der Waals surface area contributed by atoms with Crippen LogP contribution in [0.1, 0.15) is 5.56 Å². The number of hydrogen-bond acceptors (Lipinski definition) is 2. The van der Waals surface area contributed by atoms with Crippen molar-refractivity contribution in [1.82, 2.24) is 0 Å². The van der Waals surface area contributed by atoms with Gasteiger partial charge in [-0.1, -0.05) is 0 Å². The van der Waals surface area contributed by atoms with Crippen molar-refractivity contribution >= 4 is 43.5 Å². The van der Waals surface area contributed by atoms with Crippen LogP contribution in [0.3, 0.4) is 0 Å². The summed E-state index contributed by atoms with van der Waals surface area (Å²) in [7, 11) is 1.58. The fourth-order valence-electron chi connectivity index (χ4n) is 1.62. The first kappa shape index (κ1) is 15.6. The van der Waals surface area contributed by atoms with Gasteiger partial charge < -0.3 is 9.47 Å². The molecule has 0 aromatic heterocycles. The predicted molar refractivity (Wildman–Crippen MR) is 84.4 cm³/mol. The molecular formula is C14H10Br2ClFO2. The Balaban J connectivity index is 2.37. The first-order chi connectivity index (χ1) is 9.55. The topological polar surface area (TPSA) is 18.5 Å². The number of ether oxygens (including phenoxy) is 2. The third-order valence-corrected chi connectivity index (χ3v) is 4.12. The molecule has 0 fully saturated rings. The van der Waals surface area contributed by atoms with Gasteiger partial charge in [-0.05, 0) is 62.2 Å². The molecule has 0 heterocycles. The molecule has 0 N–H and O–H groups in total. The number of benzene rings is 2. The molecule has 0 aliphatic rings. The molecule has 2 rings (SSSR count). The zero-order valence-corrected chi connectivity index (χ0v) is 14.4. The van der Waals surface area contributed by atoms with Crippen LogP contribution >= 0.6 is 43.5 Å². The molecule has 0 aliphatic carbocycles. The second-order valence-corrected chi connectivity index (χ2v) is 5.88. The lowest BCUT2D eigenvalue weighted by Gasteiger charge is -2.13. The van der Waals surface area contributed by atoms with Crippen molar-refractivity contribution in [2.45, 2.75) is 5.88 Å².